The van der Waals surface area contributed by atoms with Gasteiger partial charge in [0.15, 0.2) is 0 Å². The molecule has 0 aromatic heterocycles. The van der Waals surface area contributed by atoms with E-state index in [1.807, 2.05) is 37.3 Å². The predicted molar refractivity (Wildman–Crippen MR) is 97.7 cm³/mol. The molecule has 3 rings (SSSR count). The average molecular weight is 351 g/mol. The molecule has 1 atom stereocenters. The SMILES string of the molecule is CC1=C(c2ccccc2)C(c2ccccc2[N+](=O)[O-])C([N+](=O)[O-])=C(C)N1. The van der Waals surface area contributed by atoms with Crippen LogP contribution in [0.5, 0.6) is 0 Å². The fraction of sp³-hybridized carbons (Fsp3) is 0.158. The van der Waals surface area contributed by atoms with E-state index in [4.69, 9.17) is 0 Å². The van der Waals surface area contributed by atoms with Gasteiger partial charge < -0.3 is 5.32 Å². The van der Waals surface area contributed by atoms with Crippen molar-refractivity contribution < 1.29 is 9.85 Å². The van der Waals surface area contributed by atoms with Crippen molar-refractivity contribution in [2.75, 3.05) is 0 Å². The van der Waals surface area contributed by atoms with E-state index in [2.05, 4.69) is 5.32 Å². The molecule has 0 bridgehead atoms. The molecule has 2 aromatic carbocycles. The molecule has 1 aliphatic rings. The molecule has 0 saturated carbocycles. The van der Waals surface area contributed by atoms with Crippen LogP contribution in [0.4, 0.5) is 5.69 Å². The highest BCUT2D eigenvalue weighted by molar-refractivity contribution is 5.79. The second-order valence-electron chi connectivity index (χ2n) is 6.05. The van der Waals surface area contributed by atoms with Crippen molar-refractivity contribution in [3.63, 3.8) is 0 Å². The minimum Gasteiger partial charge on any atom is -0.357 e. The molecule has 0 radical (unpaired) electrons. The number of rotatable bonds is 4. The Bertz CT molecular complexity index is 948. The number of nitro groups is 2. The first-order valence-electron chi connectivity index (χ1n) is 8.03. The zero-order valence-electron chi connectivity index (χ0n) is 14.3. The number of hydrogen-bond donors (Lipinski definition) is 1. The van der Waals surface area contributed by atoms with Crippen LogP contribution in [-0.2, 0) is 0 Å². The second-order valence-corrected chi connectivity index (χ2v) is 6.05. The van der Waals surface area contributed by atoms with E-state index >= 15 is 0 Å². The number of nitrogens with one attached hydrogen (secondary N) is 1. The molecule has 1 unspecified atom stereocenters. The number of dihydropyridines is 1. The first-order valence-corrected chi connectivity index (χ1v) is 8.03. The fourth-order valence-corrected chi connectivity index (χ4v) is 3.43. The quantitative estimate of drug-likeness (QED) is 0.657. The number of allylic oxidation sites excluding steroid dienone is 3. The smallest absolute Gasteiger partial charge is 0.277 e. The van der Waals surface area contributed by atoms with Gasteiger partial charge in [0.05, 0.1) is 15.5 Å². The van der Waals surface area contributed by atoms with E-state index in [0.717, 1.165) is 11.3 Å². The van der Waals surface area contributed by atoms with Crippen LogP contribution in [0.2, 0.25) is 0 Å². The highest BCUT2D eigenvalue weighted by Gasteiger charge is 2.40. The largest absolute Gasteiger partial charge is 0.357 e. The van der Waals surface area contributed by atoms with Crippen LogP contribution in [0, 0.1) is 20.2 Å². The van der Waals surface area contributed by atoms with Gasteiger partial charge in [-0.25, -0.2) is 0 Å². The van der Waals surface area contributed by atoms with Gasteiger partial charge in [-0.15, -0.1) is 0 Å². The molecule has 132 valence electrons. The van der Waals surface area contributed by atoms with Crippen molar-refractivity contribution in [2.45, 2.75) is 19.8 Å². The molecule has 0 saturated heterocycles. The second kappa shape index (κ2) is 6.79. The van der Waals surface area contributed by atoms with Gasteiger partial charge in [0.25, 0.3) is 11.4 Å². The molecule has 0 spiro atoms. The lowest BCUT2D eigenvalue weighted by atomic mass is 9.80. The Morgan fingerprint density at radius 1 is 0.846 bits per heavy atom. The number of benzene rings is 2. The highest BCUT2D eigenvalue weighted by Crippen LogP contribution is 2.45. The number of para-hydroxylation sites is 1. The van der Waals surface area contributed by atoms with Crippen LogP contribution >= 0.6 is 0 Å². The van der Waals surface area contributed by atoms with Gasteiger partial charge >= 0.3 is 0 Å². The summed E-state index contributed by atoms with van der Waals surface area (Å²) >= 11 is 0. The Kier molecular flexibility index (Phi) is 4.53. The lowest BCUT2D eigenvalue weighted by Crippen LogP contribution is -2.27. The maximum absolute atomic E-state index is 11.8. The minimum atomic E-state index is -0.838. The molecular weight excluding hydrogens is 334 g/mol. The highest BCUT2D eigenvalue weighted by atomic mass is 16.6. The third-order valence-electron chi connectivity index (χ3n) is 4.45. The third-order valence-corrected chi connectivity index (χ3v) is 4.45. The molecule has 2 aromatic rings. The van der Waals surface area contributed by atoms with Gasteiger partial charge in [-0.1, -0.05) is 48.5 Å². The molecular formula is C19H17N3O4. The Labute approximate surface area is 150 Å². The predicted octanol–water partition coefficient (Wildman–Crippen LogP) is 4.22. The zero-order chi connectivity index (χ0) is 18.8. The molecule has 7 heteroatoms. The zero-order valence-corrected chi connectivity index (χ0v) is 14.3. The van der Waals surface area contributed by atoms with E-state index in [9.17, 15) is 20.2 Å². The number of nitro benzene ring substituents is 1. The van der Waals surface area contributed by atoms with Crippen LogP contribution in [-0.4, -0.2) is 9.85 Å². The fourth-order valence-electron chi connectivity index (χ4n) is 3.43. The van der Waals surface area contributed by atoms with Gasteiger partial charge in [0.1, 0.15) is 5.92 Å². The van der Waals surface area contributed by atoms with Gasteiger partial charge in [0, 0.05) is 17.3 Å². The van der Waals surface area contributed by atoms with Crippen molar-refractivity contribution in [2.24, 2.45) is 0 Å². The third kappa shape index (κ3) is 2.95. The van der Waals surface area contributed by atoms with Crippen molar-refractivity contribution in [1.29, 1.82) is 0 Å². The molecule has 0 fully saturated rings. The van der Waals surface area contributed by atoms with Crippen LogP contribution in [0.15, 0.2) is 71.7 Å². The number of nitrogens with zero attached hydrogens (tertiary/aromatic N) is 2. The minimum absolute atomic E-state index is 0.0799. The van der Waals surface area contributed by atoms with Crippen LogP contribution in [0.1, 0.15) is 30.9 Å². The van der Waals surface area contributed by atoms with Gasteiger partial charge in [-0.3, -0.25) is 20.2 Å². The topological polar surface area (TPSA) is 98.3 Å². The molecule has 0 aliphatic carbocycles. The summed E-state index contributed by atoms with van der Waals surface area (Å²) in [5.74, 6) is -0.838. The molecule has 26 heavy (non-hydrogen) atoms. The monoisotopic (exact) mass is 351 g/mol. The van der Waals surface area contributed by atoms with Gasteiger partial charge in [-0.2, -0.15) is 0 Å². The van der Waals surface area contributed by atoms with Crippen LogP contribution in [0.25, 0.3) is 5.57 Å². The molecule has 1 heterocycles. The summed E-state index contributed by atoms with van der Waals surface area (Å²) in [6.45, 7) is 3.44. The summed E-state index contributed by atoms with van der Waals surface area (Å²) < 4.78 is 0. The van der Waals surface area contributed by atoms with Crippen molar-refractivity contribution in [3.8, 4) is 0 Å². The standard InChI is InChI=1S/C19H17N3O4/c1-12-17(14-8-4-3-5-9-14)18(19(22(25)26)13(2)20-12)15-10-6-7-11-16(15)21(23)24/h3-11,18,20H,1-2H3. The van der Waals surface area contributed by atoms with Gasteiger partial charge in [-0.05, 0) is 25.0 Å². The van der Waals surface area contributed by atoms with E-state index < -0.39 is 15.8 Å². The first-order chi connectivity index (χ1) is 12.4. The lowest BCUT2D eigenvalue weighted by molar-refractivity contribution is -0.430. The van der Waals surface area contributed by atoms with Crippen molar-refractivity contribution in [1.82, 2.24) is 5.32 Å². The number of hydrogen-bond acceptors (Lipinski definition) is 5. The Morgan fingerprint density at radius 2 is 1.46 bits per heavy atom. The summed E-state index contributed by atoms with van der Waals surface area (Å²) in [5, 5.41) is 26.4. The van der Waals surface area contributed by atoms with E-state index in [1.54, 1.807) is 25.1 Å². The molecule has 7 nitrogen and oxygen atoms in total. The first kappa shape index (κ1) is 17.3. The summed E-state index contributed by atoms with van der Waals surface area (Å²) in [5.41, 5.74) is 2.67. The Balaban J connectivity index is 2.32. The molecule has 1 N–H and O–H groups in total. The normalized spacial score (nSPS) is 17.1. The molecule has 1 aliphatic heterocycles. The summed E-state index contributed by atoms with van der Waals surface area (Å²) in [6, 6.07) is 15.4. The van der Waals surface area contributed by atoms with E-state index in [-0.39, 0.29) is 11.4 Å². The maximum atomic E-state index is 11.8. The molecule has 0 amide bonds. The van der Waals surface area contributed by atoms with E-state index in [0.29, 0.717) is 16.8 Å². The maximum Gasteiger partial charge on any atom is 0.277 e. The summed E-state index contributed by atoms with van der Waals surface area (Å²) in [6.07, 6.45) is 0. The van der Waals surface area contributed by atoms with Gasteiger partial charge in [0.2, 0.25) is 0 Å². The lowest BCUT2D eigenvalue weighted by Gasteiger charge is -2.27. The Morgan fingerprint density at radius 3 is 2.08 bits per heavy atom. The van der Waals surface area contributed by atoms with Crippen molar-refractivity contribution in [3.05, 3.63) is 103 Å². The van der Waals surface area contributed by atoms with Crippen LogP contribution in [0.3, 0.4) is 0 Å². The van der Waals surface area contributed by atoms with Crippen molar-refractivity contribution >= 4 is 11.3 Å². The summed E-state index contributed by atoms with van der Waals surface area (Å²) in [7, 11) is 0. The Hall–Kier alpha value is -3.48. The average Bonchev–Trinajstić information content (AvgIpc) is 2.61. The van der Waals surface area contributed by atoms with Crippen LogP contribution < -0.4 is 5.32 Å². The summed E-state index contributed by atoms with van der Waals surface area (Å²) in [4.78, 5) is 22.4. The van der Waals surface area contributed by atoms with E-state index in [1.165, 1.54) is 6.07 Å².